The van der Waals surface area contributed by atoms with Crippen LogP contribution in [0.3, 0.4) is 0 Å². The van der Waals surface area contributed by atoms with E-state index < -0.39 is 0 Å². The zero-order chi connectivity index (χ0) is 10.7. The second kappa shape index (κ2) is 4.57. The maximum Gasteiger partial charge on any atom is 0.254 e. The van der Waals surface area contributed by atoms with Crippen molar-refractivity contribution in [1.82, 2.24) is 15.5 Å². The largest absolute Gasteiger partial charge is 0.350 e. The third-order valence-electron chi connectivity index (χ3n) is 1.38. The minimum absolute atomic E-state index is 0.0329. The Kier molecular flexibility index (Phi) is 3.66. The van der Waals surface area contributed by atoms with Crippen LogP contribution in [0.15, 0.2) is 6.07 Å². The molecule has 14 heavy (non-hydrogen) atoms. The molecule has 0 saturated carbocycles. The van der Waals surface area contributed by atoms with Crippen LogP contribution >= 0.6 is 23.2 Å². The monoisotopic (exact) mass is 233 g/mol. The Labute approximate surface area is 91.6 Å². The summed E-state index contributed by atoms with van der Waals surface area (Å²) in [7, 11) is 0. The maximum atomic E-state index is 11.5. The Balaban J connectivity index is 2.94. The Bertz CT molecular complexity index is 354. The molecule has 4 nitrogen and oxygen atoms in total. The lowest BCUT2D eigenvalue weighted by molar-refractivity contribution is 0.0942. The molecule has 0 bridgehead atoms. The molecule has 0 radical (unpaired) electrons. The summed E-state index contributed by atoms with van der Waals surface area (Å²) in [5, 5.41) is 9.90. The Hall–Kier alpha value is -0.870. The van der Waals surface area contributed by atoms with Gasteiger partial charge in [0.15, 0.2) is 10.3 Å². The number of hydrogen-bond acceptors (Lipinski definition) is 3. The van der Waals surface area contributed by atoms with Crippen molar-refractivity contribution < 1.29 is 4.79 Å². The molecule has 0 unspecified atom stereocenters. The van der Waals surface area contributed by atoms with Gasteiger partial charge in [0.25, 0.3) is 5.91 Å². The molecule has 76 valence electrons. The van der Waals surface area contributed by atoms with Gasteiger partial charge in [0.05, 0.1) is 5.56 Å². The highest BCUT2D eigenvalue weighted by Crippen LogP contribution is 2.15. The van der Waals surface area contributed by atoms with Gasteiger partial charge in [-0.2, -0.15) is 0 Å². The van der Waals surface area contributed by atoms with E-state index in [1.54, 1.807) is 0 Å². The molecule has 1 aromatic heterocycles. The molecular weight excluding hydrogens is 225 g/mol. The average molecular weight is 234 g/mol. The van der Waals surface area contributed by atoms with Crippen molar-refractivity contribution >= 4 is 29.1 Å². The van der Waals surface area contributed by atoms with E-state index >= 15 is 0 Å². The van der Waals surface area contributed by atoms with E-state index in [-0.39, 0.29) is 27.8 Å². The summed E-state index contributed by atoms with van der Waals surface area (Å²) in [6.45, 7) is 3.70. The molecule has 6 heteroatoms. The van der Waals surface area contributed by atoms with Crippen molar-refractivity contribution in [1.29, 1.82) is 0 Å². The van der Waals surface area contributed by atoms with Gasteiger partial charge in [-0.1, -0.05) is 23.2 Å². The second-order valence-corrected chi connectivity index (χ2v) is 3.74. The van der Waals surface area contributed by atoms with E-state index in [0.717, 1.165) is 0 Å². The highest BCUT2D eigenvalue weighted by molar-refractivity contribution is 6.34. The molecular formula is C8H9Cl2N3O. The Morgan fingerprint density at radius 1 is 1.43 bits per heavy atom. The maximum absolute atomic E-state index is 11.5. The summed E-state index contributed by atoms with van der Waals surface area (Å²) in [5.74, 6) is -0.304. The van der Waals surface area contributed by atoms with Crippen LogP contribution in [0, 0.1) is 0 Å². The predicted molar refractivity (Wildman–Crippen MR) is 54.7 cm³/mol. The smallest absolute Gasteiger partial charge is 0.254 e. The fourth-order valence-electron chi connectivity index (χ4n) is 0.852. The fraction of sp³-hybridized carbons (Fsp3) is 0.375. The summed E-state index contributed by atoms with van der Waals surface area (Å²) in [4.78, 5) is 11.5. The number of nitrogens with one attached hydrogen (secondary N) is 1. The minimum Gasteiger partial charge on any atom is -0.350 e. The first kappa shape index (κ1) is 11.2. The zero-order valence-corrected chi connectivity index (χ0v) is 9.23. The van der Waals surface area contributed by atoms with Crippen LogP contribution in [0.25, 0.3) is 0 Å². The van der Waals surface area contributed by atoms with Gasteiger partial charge in [0.1, 0.15) is 0 Å². The van der Waals surface area contributed by atoms with Crippen molar-refractivity contribution in [2.75, 3.05) is 0 Å². The van der Waals surface area contributed by atoms with Crippen molar-refractivity contribution in [2.45, 2.75) is 19.9 Å². The van der Waals surface area contributed by atoms with Crippen LogP contribution in [0.5, 0.6) is 0 Å². The van der Waals surface area contributed by atoms with E-state index in [1.807, 2.05) is 13.8 Å². The van der Waals surface area contributed by atoms with Gasteiger partial charge in [-0.3, -0.25) is 4.79 Å². The number of nitrogens with zero attached hydrogens (tertiary/aromatic N) is 2. The van der Waals surface area contributed by atoms with Gasteiger partial charge in [0.2, 0.25) is 0 Å². The van der Waals surface area contributed by atoms with Crippen LogP contribution in [0.1, 0.15) is 24.2 Å². The van der Waals surface area contributed by atoms with Crippen LogP contribution < -0.4 is 5.32 Å². The number of halogens is 2. The number of rotatable bonds is 2. The molecule has 0 aliphatic carbocycles. The van der Waals surface area contributed by atoms with Crippen LogP contribution in [-0.4, -0.2) is 22.1 Å². The molecule has 1 aromatic rings. The van der Waals surface area contributed by atoms with Crippen molar-refractivity contribution in [2.24, 2.45) is 0 Å². The molecule has 0 saturated heterocycles. The zero-order valence-electron chi connectivity index (χ0n) is 7.71. The van der Waals surface area contributed by atoms with E-state index in [0.29, 0.717) is 0 Å². The fourth-order valence-corrected chi connectivity index (χ4v) is 1.18. The molecule has 0 aromatic carbocycles. The van der Waals surface area contributed by atoms with Crippen molar-refractivity contribution in [3.63, 3.8) is 0 Å². The topological polar surface area (TPSA) is 54.9 Å². The highest BCUT2D eigenvalue weighted by atomic mass is 35.5. The number of carbonyl (C=O) groups is 1. The van der Waals surface area contributed by atoms with Crippen LogP contribution in [-0.2, 0) is 0 Å². The van der Waals surface area contributed by atoms with Gasteiger partial charge >= 0.3 is 0 Å². The molecule has 0 spiro atoms. The summed E-state index contributed by atoms with van der Waals surface area (Å²) in [6, 6.07) is 1.42. The van der Waals surface area contributed by atoms with Crippen LogP contribution in [0.2, 0.25) is 10.3 Å². The Morgan fingerprint density at radius 3 is 2.64 bits per heavy atom. The van der Waals surface area contributed by atoms with Gasteiger partial charge < -0.3 is 5.32 Å². The first-order chi connectivity index (χ1) is 6.50. The van der Waals surface area contributed by atoms with Gasteiger partial charge in [-0.25, -0.2) is 0 Å². The van der Waals surface area contributed by atoms with E-state index in [4.69, 9.17) is 23.2 Å². The summed E-state index contributed by atoms with van der Waals surface area (Å²) >= 11 is 11.3. The standard InChI is InChI=1S/C8H9Cl2N3O/c1-4(2)11-8(14)5-3-6(9)12-13-7(5)10/h3-4H,1-2H3,(H,11,14). The number of amides is 1. The third kappa shape index (κ3) is 2.82. The molecule has 0 fully saturated rings. The summed E-state index contributed by atoms with van der Waals surface area (Å²) < 4.78 is 0. The van der Waals surface area contributed by atoms with Crippen molar-refractivity contribution in [3.05, 3.63) is 21.9 Å². The molecule has 0 aliphatic rings. The summed E-state index contributed by atoms with van der Waals surface area (Å²) in [6.07, 6.45) is 0. The number of aromatic nitrogens is 2. The normalized spacial score (nSPS) is 10.4. The lowest BCUT2D eigenvalue weighted by Gasteiger charge is -2.08. The van der Waals surface area contributed by atoms with Gasteiger partial charge in [-0.15, -0.1) is 10.2 Å². The van der Waals surface area contributed by atoms with E-state index in [2.05, 4.69) is 15.5 Å². The van der Waals surface area contributed by atoms with Crippen LogP contribution in [0.4, 0.5) is 0 Å². The first-order valence-corrected chi connectivity index (χ1v) is 4.76. The van der Waals surface area contributed by atoms with Gasteiger partial charge in [-0.05, 0) is 19.9 Å². The molecule has 1 N–H and O–H groups in total. The van der Waals surface area contributed by atoms with Crippen molar-refractivity contribution in [3.8, 4) is 0 Å². The summed E-state index contributed by atoms with van der Waals surface area (Å²) in [5.41, 5.74) is 0.236. The molecule has 1 amide bonds. The third-order valence-corrected chi connectivity index (χ3v) is 1.85. The lowest BCUT2D eigenvalue weighted by atomic mass is 10.2. The molecule has 1 heterocycles. The second-order valence-electron chi connectivity index (χ2n) is 3.00. The van der Waals surface area contributed by atoms with E-state index in [9.17, 15) is 4.79 Å². The number of hydrogen-bond donors (Lipinski definition) is 1. The molecule has 0 atom stereocenters. The average Bonchev–Trinajstić information content (AvgIpc) is 2.08. The van der Waals surface area contributed by atoms with E-state index in [1.165, 1.54) is 6.07 Å². The molecule has 0 aliphatic heterocycles. The Morgan fingerprint density at radius 2 is 2.07 bits per heavy atom. The minimum atomic E-state index is -0.304. The quantitative estimate of drug-likeness (QED) is 0.850. The number of carbonyl (C=O) groups excluding carboxylic acids is 1. The first-order valence-electron chi connectivity index (χ1n) is 4.00. The lowest BCUT2D eigenvalue weighted by Crippen LogP contribution is -2.30. The van der Waals surface area contributed by atoms with Gasteiger partial charge in [0, 0.05) is 6.04 Å². The highest BCUT2D eigenvalue weighted by Gasteiger charge is 2.13. The predicted octanol–water partition coefficient (Wildman–Crippen LogP) is 1.92. The SMILES string of the molecule is CC(C)NC(=O)c1cc(Cl)nnc1Cl. The molecule has 1 rings (SSSR count).